The van der Waals surface area contributed by atoms with Crippen LogP contribution >= 0.6 is 12.2 Å². The second-order valence-electron chi connectivity index (χ2n) is 5.30. The molecular weight excluding hydrogens is 254 g/mol. The molecule has 1 aliphatic rings. The van der Waals surface area contributed by atoms with E-state index in [1.54, 1.807) is 0 Å². The van der Waals surface area contributed by atoms with Gasteiger partial charge in [0, 0.05) is 12.1 Å². The van der Waals surface area contributed by atoms with E-state index in [1.165, 1.54) is 18.4 Å². The Morgan fingerprint density at radius 1 is 1.26 bits per heavy atom. The van der Waals surface area contributed by atoms with Crippen LogP contribution in [0.15, 0.2) is 30.3 Å². The number of nitrogens with two attached hydrogens (primary N) is 1. The zero-order valence-corrected chi connectivity index (χ0v) is 12.2. The van der Waals surface area contributed by atoms with Crippen molar-refractivity contribution < 1.29 is 0 Å². The molecule has 0 bridgehead atoms. The second kappa shape index (κ2) is 6.87. The van der Waals surface area contributed by atoms with Gasteiger partial charge in [-0.05, 0) is 37.5 Å². The van der Waals surface area contributed by atoms with Crippen LogP contribution in [0.5, 0.6) is 0 Å². The van der Waals surface area contributed by atoms with Gasteiger partial charge in [-0.1, -0.05) is 43.2 Å². The van der Waals surface area contributed by atoms with E-state index in [0.717, 1.165) is 12.8 Å². The summed E-state index contributed by atoms with van der Waals surface area (Å²) in [6.45, 7) is 2.12. The molecule has 0 heterocycles. The smallest absolute Gasteiger partial charge is 0.167 e. The molecule has 1 fully saturated rings. The van der Waals surface area contributed by atoms with Gasteiger partial charge in [-0.15, -0.1) is 0 Å². The van der Waals surface area contributed by atoms with E-state index >= 15 is 0 Å². The first-order valence-corrected chi connectivity index (χ1v) is 7.45. The number of nitrogens with one attached hydrogen (secondary N) is 2. The molecule has 4 N–H and O–H groups in total. The van der Waals surface area contributed by atoms with Crippen LogP contribution in [-0.4, -0.2) is 17.2 Å². The van der Waals surface area contributed by atoms with E-state index in [2.05, 4.69) is 29.7 Å². The molecule has 2 rings (SSSR count). The Morgan fingerprint density at radius 2 is 1.95 bits per heavy atom. The van der Waals surface area contributed by atoms with Crippen molar-refractivity contribution in [3.05, 3.63) is 35.9 Å². The molecule has 104 valence electrons. The van der Waals surface area contributed by atoms with Gasteiger partial charge in [0.05, 0.1) is 6.04 Å². The standard InChI is InChI=1S/C15H23N3S/c1-11(12-7-3-2-4-8-12)17-15(19)18-14-10-6-5-9-13(14)16/h2-4,7-8,11,13-14H,5-6,9-10,16H2,1H3,(H2,17,18,19)/t11-,13-,14-/m0/s1. The Labute approximate surface area is 121 Å². The van der Waals surface area contributed by atoms with Crippen LogP contribution in [0, 0.1) is 0 Å². The van der Waals surface area contributed by atoms with Crippen LogP contribution in [0.4, 0.5) is 0 Å². The lowest BCUT2D eigenvalue weighted by Gasteiger charge is -2.31. The third-order valence-corrected chi connectivity index (χ3v) is 4.02. The number of thiocarbonyl (C=S) groups is 1. The molecule has 1 aromatic carbocycles. The largest absolute Gasteiger partial charge is 0.358 e. The molecule has 4 heteroatoms. The summed E-state index contributed by atoms with van der Waals surface area (Å²) in [7, 11) is 0. The summed E-state index contributed by atoms with van der Waals surface area (Å²) in [5.74, 6) is 0. The van der Waals surface area contributed by atoms with E-state index in [9.17, 15) is 0 Å². The monoisotopic (exact) mass is 277 g/mol. The summed E-state index contributed by atoms with van der Waals surface area (Å²) in [4.78, 5) is 0. The highest BCUT2D eigenvalue weighted by atomic mass is 32.1. The maximum atomic E-state index is 6.12. The SMILES string of the molecule is C[C@H](NC(=S)N[C@H]1CCCC[C@@H]1N)c1ccccc1. The van der Waals surface area contributed by atoms with Gasteiger partial charge < -0.3 is 16.4 Å². The van der Waals surface area contributed by atoms with Gasteiger partial charge in [0.15, 0.2) is 5.11 Å². The highest BCUT2D eigenvalue weighted by Crippen LogP contribution is 2.17. The first-order valence-electron chi connectivity index (χ1n) is 7.04. The van der Waals surface area contributed by atoms with E-state index in [0.29, 0.717) is 11.2 Å². The summed E-state index contributed by atoms with van der Waals surface area (Å²) in [5, 5.41) is 7.40. The maximum Gasteiger partial charge on any atom is 0.167 e. The zero-order valence-electron chi connectivity index (χ0n) is 11.4. The maximum absolute atomic E-state index is 6.12. The van der Waals surface area contributed by atoms with Crippen molar-refractivity contribution in [2.45, 2.75) is 50.7 Å². The number of rotatable bonds is 3. The van der Waals surface area contributed by atoms with Gasteiger partial charge in [-0.25, -0.2) is 0 Å². The summed E-state index contributed by atoms with van der Waals surface area (Å²) in [5.41, 5.74) is 7.36. The lowest BCUT2D eigenvalue weighted by molar-refractivity contribution is 0.358. The minimum absolute atomic E-state index is 0.209. The molecule has 0 spiro atoms. The van der Waals surface area contributed by atoms with Crippen molar-refractivity contribution in [3.63, 3.8) is 0 Å². The van der Waals surface area contributed by atoms with Crippen molar-refractivity contribution >= 4 is 17.3 Å². The van der Waals surface area contributed by atoms with Crippen molar-refractivity contribution in [2.24, 2.45) is 5.73 Å². The minimum atomic E-state index is 0.209. The van der Waals surface area contributed by atoms with Gasteiger partial charge in [0.1, 0.15) is 0 Å². The molecule has 1 aliphatic carbocycles. The van der Waals surface area contributed by atoms with Crippen molar-refractivity contribution in [1.82, 2.24) is 10.6 Å². The van der Waals surface area contributed by atoms with Crippen molar-refractivity contribution in [3.8, 4) is 0 Å². The third kappa shape index (κ3) is 4.18. The highest BCUT2D eigenvalue weighted by molar-refractivity contribution is 7.80. The van der Waals surface area contributed by atoms with Crippen LogP contribution in [-0.2, 0) is 0 Å². The average molecular weight is 277 g/mol. The molecule has 19 heavy (non-hydrogen) atoms. The Balaban J connectivity index is 1.84. The molecule has 0 radical (unpaired) electrons. The lowest BCUT2D eigenvalue weighted by Crippen LogP contribution is -2.52. The van der Waals surface area contributed by atoms with E-state index < -0.39 is 0 Å². The van der Waals surface area contributed by atoms with Crippen molar-refractivity contribution in [2.75, 3.05) is 0 Å². The molecule has 0 aromatic heterocycles. The van der Waals surface area contributed by atoms with Gasteiger partial charge in [0.25, 0.3) is 0 Å². The summed E-state index contributed by atoms with van der Waals surface area (Å²) < 4.78 is 0. The van der Waals surface area contributed by atoms with Crippen LogP contribution in [0.2, 0.25) is 0 Å². The molecule has 0 unspecified atom stereocenters. The lowest BCUT2D eigenvalue weighted by atomic mass is 9.91. The second-order valence-corrected chi connectivity index (χ2v) is 5.71. The quantitative estimate of drug-likeness (QED) is 0.743. The van der Waals surface area contributed by atoms with Crippen LogP contribution in [0.25, 0.3) is 0 Å². The minimum Gasteiger partial charge on any atom is -0.358 e. The van der Waals surface area contributed by atoms with E-state index in [1.807, 2.05) is 18.2 Å². The Kier molecular flexibility index (Phi) is 5.16. The zero-order chi connectivity index (χ0) is 13.7. The summed E-state index contributed by atoms with van der Waals surface area (Å²) in [6.07, 6.45) is 4.68. The predicted octanol–water partition coefficient (Wildman–Crippen LogP) is 2.48. The molecule has 0 saturated heterocycles. The number of benzene rings is 1. The fraction of sp³-hybridized carbons (Fsp3) is 0.533. The van der Waals surface area contributed by atoms with Crippen LogP contribution in [0.3, 0.4) is 0 Å². The Bertz CT molecular complexity index is 407. The molecule has 0 aliphatic heterocycles. The number of hydrogen-bond acceptors (Lipinski definition) is 2. The van der Waals surface area contributed by atoms with Crippen LogP contribution in [0.1, 0.15) is 44.2 Å². The molecule has 3 nitrogen and oxygen atoms in total. The normalized spacial score (nSPS) is 24.5. The molecule has 3 atom stereocenters. The topological polar surface area (TPSA) is 50.1 Å². The first kappa shape index (κ1) is 14.3. The van der Waals surface area contributed by atoms with Crippen LogP contribution < -0.4 is 16.4 Å². The van der Waals surface area contributed by atoms with E-state index in [-0.39, 0.29) is 12.1 Å². The fourth-order valence-corrected chi connectivity index (χ4v) is 2.90. The summed E-state index contributed by atoms with van der Waals surface area (Å²) >= 11 is 5.39. The highest BCUT2D eigenvalue weighted by Gasteiger charge is 2.22. The third-order valence-electron chi connectivity index (χ3n) is 3.78. The van der Waals surface area contributed by atoms with Gasteiger partial charge in [-0.3, -0.25) is 0 Å². The van der Waals surface area contributed by atoms with Crippen molar-refractivity contribution in [1.29, 1.82) is 0 Å². The van der Waals surface area contributed by atoms with Gasteiger partial charge in [0.2, 0.25) is 0 Å². The number of hydrogen-bond donors (Lipinski definition) is 3. The Hall–Kier alpha value is -1.13. The molecule has 1 saturated carbocycles. The predicted molar refractivity (Wildman–Crippen MR) is 84.0 cm³/mol. The molecular formula is C15H23N3S. The van der Waals surface area contributed by atoms with Gasteiger partial charge in [-0.2, -0.15) is 0 Å². The molecule has 1 aromatic rings. The fourth-order valence-electron chi connectivity index (χ4n) is 2.57. The Morgan fingerprint density at radius 3 is 2.63 bits per heavy atom. The van der Waals surface area contributed by atoms with Gasteiger partial charge >= 0.3 is 0 Å². The van der Waals surface area contributed by atoms with E-state index in [4.69, 9.17) is 18.0 Å². The molecule has 0 amide bonds. The average Bonchev–Trinajstić information content (AvgIpc) is 2.42. The first-order chi connectivity index (χ1) is 9.16. The summed E-state index contributed by atoms with van der Waals surface area (Å²) in [6, 6.07) is 11.1.